The van der Waals surface area contributed by atoms with Gasteiger partial charge in [-0.2, -0.15) is 0 Å². The molecule has 0 aliphatic heterocycles. The highest BCUT2D eigenvalue weighted by Crippen LogP contribution is 2.08. The summed E-state index contributed by atoms with van der Waals surface area (Å²) in [5, 5.41) is 17.4. The van der Waals surface area contributed by atoms with Crippen LogP contribution in [0.3, 0.4) is 0 Å². The van der Waals surface area contributed by atoms with Crippen molar-refractivity contribution >= 4 is 0 Å². The van der Waals surface area contributed by atoms with E-state index in [4.69, 9.17) is 14.9 Å². The highest BCUT2D eigenvalue weighted by atomic mass is 16.5. The SMILES string of the molecule is O=c1ccn([C@@H](CCO)OCCO)c(=O)[nH]1. The van der Waals surface area contributed by atoms with Gasteiger partial charge in [-0.1, -0.05) is 0 Å². The molecule has 7 nitrogen and oxygen atoms in total. The molecule has 0 aliphatic rings. The number of nitrogens with one attached hydrogen (secondary N) is 1. The van der Waals surface area contributed by atoms with Crippen LogP contribution in [-0.2, 0) is 4.74 Å². The zero-order valence-corrected chi connectivity index (χ0v) is 8.63. The normalized spacial score (nSPS) is 12.6. The molecule has 1 atom stereocenters. The maximum Gasteiger partial charge on any atom is 0.330 e. The Labute approximate surface area is 90.9 Å². The second-order valence-corrected chi connectivity index (χ2v) is 3.08. The Morgan fingerprint density at radius 1 is 1.38 bits per heavy atom. The summed E-state index contributed by atoms with van der Waals surface area (Å²) in [6.45, 7) is -0.294. The molecular formula is C9H14N2O5. The minimum atomic E-state index is -0.693. The third-order valence-corrected chi connectivity index (χ3v) is 1.94. The third-order valence-electron chi connectivity index (χ3n) is 1.94. The molecule has 0 spiro atoms. The fourth-order valence-electron chi connectivity index (χ4n) is 1.26. The van der Waals surface area contributed by atoms with Gasteiger partial charge in [0.2, 0.25) is 0 Å². The smallest absolute Gasteiger partial charge is 0.330 e. The number of aromatic nitrogens is 2. The van der Waals surface area contributed by atoms with Crippen molar-refractivity contribution in [3.8, 4) is 0 Å². The lowest BCUT2D eigenvalue weighted by Gasteiger charge is -2.18. The van der Waals surface area contributed by atoms with Crippen LogP contribution in [0, 0.1) is 0 Å². The lowest BCUT2D eigenvalue weighted by Crippen LogP contribution is -2.33. The van der Waals surface area contributed by atoms with E-state index < -0.39 is 17.5 Å². The van der Waals surface area contributed by atoms with Crippen LogP contribution in [0.25, 0.3) is 0 Å². The van der Waals surface area contributed by atoms with Gasteiger partial charge in [0.1, 0.15) is 6.23 Å². The summed E-state index contributed by atoms with van der Waals surface area (Å²) in [5.74, 6) is 0. The van der Waals surface area contributed by atoms with Crippen LogP contribution in [0.5, 0.6) is 0 Å². The predicted octanol–water partition coefficient (Wildman–Crippen LogP) is -1.57. The molecule has 0 saturated carbocycles. The van der Waals surface area contributed by atoms with Gasteiger partial charge in [-0.05, 0) is 0 Å². The Hall–Kier alpha value is -1.44. The van der Waals surface area contributed by atoms with Crippen LogP contribution < -0.4 is 11.2 Å². The van der Waals surface area contributed by atoms with Crippen LogP contribution >= 0.6 is 0 Å². The number of hydrogen-bond donors (Lipinski definition) is 3. The van der Waals surface area contributed by atoms with E-state index in [-0.39, 0.29) is 26.2 Å². The van der Waals surface area contributed by atoms with E-state index in [1.807, 2.05) is 0 Å². The molecule has 0 unspecified atom stereocenters. The molecule has 90 valence electrons. The van der Waals surface area contributed by atoms with E-state index in [0.717, 1.165) is 4.57 Å². The molecule has 1 rings (SSSR count). The fourth-order valence-corrected chi connectivity index (χ4v) is 1.26. The van der Waals surface area contributed by atoms with Gasteiger partial charge < -0.3 is 14.9 Å². The van der Waals surface area contributed by atoms with Crippen molar-refractivity contribution < 1.29 is 14.9 Å². The van der Waals surface area contributed by atoms with Crippen LogP contribution in [-0.4, -0.2) is 39.6 Å². The zero-order valence-electron chi connectivity index (χ0n) is 8.63. The Kier molecular flexibility index (Phi) is 4.90. The topological polar surface area (TPSA) is 105 Å². The van der Waals surface area contributed by atoms with Gasteiger partial charge in [-0.25, -0.2) is 4.79 Å². The molecule has 3 N–H and O–H groups in total. The number of rotatable bonds is 6. The Bertz CT molecular complexity index is 424. The Morgan fingerprint density at radius 2 is 2.12 bits per heavy atom. The number of hydrogen-bond acceptors (Lipinski definition) is 5. The quantitative estimate of drug-likeness (QED) is 0.547. The van der Waals surface area contributed by atoms with Crippen molar-refractivity contribution in [1.82, 2.24) is 9.55 Å². The van der Waals surface area contributed by atoms with Crippen molar-refractivity contribution in [3.05, 3.63) is 33.1 Å². The molecular weight excluding hydrogens is 216 g/mol. The van der Waals surface area contributed by atoms with Crippen LogP contribution in [0.1, 0.15) is 12.6 Å². The van der Waals surface area contributed by atoms with E-state index >= 15 is 0 Å². The molecule has 1 aromatic rings. The molecule has 0 bridgehead atoms. The fraction of sp³-hybridized carbons (Fsp3) is 0.556. The highest BCUT2D eigenvalue weighted by Gasteiger charge is 2.12. The molecule has 0 radical (unpaired) electrons. The second-order valence-electron chi connectivity index (χ2n) is 3.08. The van der Waals surface area contributed by atoms with Gasteiger partial charge in [-0.3, -0.25) is 14.3 Å². The lowest BCUT2D eigenvalue weighted by molar-refractivity contribution is -0.0308. The Balaban J connectivity index is 2.91. The van der Waals surface area contributed by atoms with Gasteiger partial charge in [0.15, 0.2) is 0 Å². The first-order chi connectivity index (χ1) is 7.69. The first-order valence-electron chi connectivity index (χ1n) is 4.84. The van der Waals surface area contributed by atoms with Crippen LogP contribution in [0.4, 0.5) is 0 Å². The van der Waals surface area contributed by atoms with Gasteiger partial charge in [0.05, 0.1) is 13.2 Å². The van der Waals surface area contributed by atoms with E-state index in [9.17, 15) is 9.59 Å². The molecule has 0 fully saturated rings. The van der Waals surface area contributed by atoms with Crippen molar-refractivity contribution in [3.63, 3.8) is 0 Å². The molecule has 0 aromatic carbocycles. The number of aliphatic hydroxyl groups excluding tert-OH is 2. The molecule has 0 amide bonds. The van der Waals surface area contributed by atoms with Crippen LogP contribution in [0.15, 0.2) is 21.9 Å². The summed E-state index contributed by atoms with van der Waals surface area (Å²) in [5.41, 5.74) is -1.10. The highest BCUT2D eigenvalue weighted by molar-refractivity contribution is 4.84. The number of aliphatic hydroxyl groups is 2. The summed E-state index contributed by atoms with van der Waals surface area (Å²) < 4.78 is 6.33. The summed E-state index contributed by atoms with van der Waals surface area (Å²) in [6, 6.07) is 1.19. The average molecular weight is 230 g/mol. The number of nitrogens with zero attached hydrogens (tertiary/aromatic N) is 1. The largest absolute Gasteiger partial charge is 0.396 e. The maximum atomic E-state index is 11.4. The number of H-pyrrole nitrogens is 1. The average Bonchev–Trinajstić information content (AvgIpc) is 2.25. The summed E-state index contributed by atoms with van der Waals surface area (Å²) in [4.78, 5) is 24.3. The van der Waals surface area contributed by atoms with Gasteiger partial charge in [0, 0.05) is 25.3 Å². The monoisotopic (exact) mass is 230 g/mol. The molecule has 1 heterocycles. The summed E-state index contributed by atoms with van der Waals surface area (Å²) in [7, 11) is 0. The van der Waals surface area contributed by atoms with E-state index in [0.29, 0.717) is 0 Å². The predicted molar refractivity (Wildman–Crippen MR) is 55.1 cm³/mol. The standard InChI is InChI=1S/C9H14N2O5/c12-4-2-8(16-6-5-13)11-3-1-7(14)10-9(11)15/h1,3,8,12-13H,2,4-6H2,(H,10,14,15)/t8-/m1/s1. The van der Waals surface area contributed by atoms with Crippen molar-refractivity contribution in [2.75, 3.05) is 19.8 Å². The second kappa shape index (κ2) is 6.21. The summed E-state index contributed by atoms with van der Waals surface area (Å²) in [6.07, 6.45) is 0.798. The van der Waals surface area contributed by atoms with E-state index in [1.165, 1.54) is 12.3 Å². The van der Waals surface area contributed by atoms with Gasteiger partial charge >= 0.3 is 5.69 Å². The minimum absolute atomic E-state index is 0.0518. The van der Waals surface area contributed by atoms with E-state index in [1.54, 1.807) is 0 Å². The zero-order chi connectivity index (χ0) is 12.0. The number of aromatic amines is 1. The minimum Gasteiger partial charge on any atom is -0.396 e. The first kappa shape index (κ1) is 12.6. The third kappa shape index (κ3) is 3.30. The van der Waals surface area contributed by atoms with E-state index in [2.05, 4.69) is 4.98 Å². The van der Waals surface area contributed by atoms with Crippen LogP contribution in [0.2, 0.25) is 0 Å². The van der Waals surface area contributed by atoms with Crippen molar-refractivity contribution in [2.24, 2.45) is 0 Å². The molecule has 7 heteroatoms. The van der Waals surface area contributed by atoms with Gasteiger partial charge in [-0.15, -0.1) is 0 Å². The Morgan fingerprint density at radius 3 is 2.69 bits per heavy atom. The number of ether oxygens (including phenoxy) is 1. The lowest BCUT2D eigenvalue weighted by atomic mass is 10.4. The molecule has 0 saturated heterocycles. The maximum absolute atomic E-state index is 11.4. The van der Waals surface area contributed by atoms with Crippen molar-refractivity contribution in [1.29, 1.82) is 0 Å². The summed E-state index contributed by atoms with van der Waals surface area (Å²) >= 11 is 0. The molecule has 1 aromatic heterocycles. The first-order valence-corrected chi connectivity index (χ1v) is 4.84. The molecule has 16 heavy (non-hydrogen) atoms. The van der Waals surface area contributed by atoms with Crippen molar-refractivity contribution in [2.45, 2.75) is 12.6 Å². The van der Waals surface area contributed by atoms with Gasteiger partial charge in [0.25, 0.3) is 5.56 Å². The molecule has 0 aliphatic carbocycles.